The summed E-state index contributed by atoms with van der Waals surface area (Å²) in [5.41, 5.74) is 2.72. The van der Waals surface area contributed by atoms with Gasteiger partial charge in [-0.05, 0) is 43.2 Å². The number of aryl methyl sites for hydroxylation is 2. The number of anilines is 1. The molecular weight excluding hydrogens is 390 g/mol. The highest BCUT2D eigenvalue weighted by Crippen LogP contribution is 2.44. The number of carbonyl (C=O) groups excluding carboxylic acids is 2. The highest BCUT2D eigenvalue weighted by molar-refractivity contribution is 6.11. The molecule has 0 aromatic heterocycles. The van der Waals surface area contributed by atoms with Crippen LogP contribution in [0.4, 0.5) is 5.69 Å². The van der Waals surface area contributed by atoms with Gasteiger partial charge in [-0.1, -0.05) is 54.1 Å². The molecule has 0 fully saturated rings. The van der Waals surface area contributed by atoms with Gasteiger partial charge in [0.25, 0.3) is 5.91 Å². The van der Waals surface area contributed by atoms with Crippen LogP contribution in [0.25, 0.3) is 0 Å². The van der Waals surface area contributed by atoms with E-state index in [1.807, 2.05) is 38.1 Å². The third-order valence-electron chi connectivity index (χ3n) is 5.89. The standard InChI is InChI=1S/C26H25NO4/c1-17-12-13-19(18(2)14-17)16-27-22-10-6-5-9-21(22)26(30,25(27)29)15-23(28)20-8-4-7-11-24(20)31-3/h4-14,30H,15-16H2,1-3H3/t26-/m1/s1. The lowest BCUT2D eigenvalue weighted by Crippen LogP contribution is -2.41. The zero-order valence-electron chi connectivity index (χ0n) is 17.9. The van der Waals surface area contributed by atoms with Gasteiger partial charge in [0.1, 0.15) is 5.75 Å². The number of nitrogens with zero attached hydrogens (tertiary/aromatic N) is 1. The van der Waals surface area contributed by atoms with Crippen molar-refractivity contribution in [3.8, 4) is 5.75 Å². The molecule has 3 aromatic rings. The summed E-state index contributed by atoms with van der Waals surface area (Å²) in [6.07, 6.45) is -0.355. The number of aliphatic hydroxyl groups is 1. The molecule has 1 aliphatic heterocycles. The van der Waals surface area contributed by atoms with Crippen molar-refractivity contribution in [2.45, 2.75) is 32.4 Å². The third-order valence-corrected chi connectivity index (χ3v) is 5.89. The maximum absolute atomic E-state index is 13.5. The summed E-state index contributed by atoms with van der Waals surface area (Å²) in [5, 5.41) is 11.5. The van der Waals surface area contributed by atoms with Crippen LogP contribution >= 0.6 is 0 Å². The molecule has 158 valence electrons. The van der Waals surface area contributed by atoms with E-state index in [4.69, 9.17) is 4.74 Å². The van der Waals surface area contributed by atoms with Crippen LogP contribution in [0.1, 0.15) is 39.0 Å². The largest absolute Gasteiger partial charge is 0.496 e. The minimum atomic E-state index is -1.92. The van der Waals surface area contributed by atoms with Crippen molar-refractivity contribution in [3.05, 3.63) is 94.5 Å². The molecule has 4 rings (SSSR count). The first kappa shape index (κ1) is 20.8. The summed E-state index contributed by atoms with van der Waals surface area (Å²) in [7, 11) is 1.49. The average molecular weight is 415 g/mol. The van der Waals surface area contributed by atoms with Crippen molar-refractivity contribution in [2.75, 3.05) is 12.0 Å². The van der Waals surface area contributed by atoms with Gasteiger partial charge in [0, 0.05) is 5.56 Å². The van der Waals surface area contributed by atoms with Gasteiger partial charge >= 0.3 is 0 Å². The molecule has 1 aliphatic rings. The number of rotatable bonds is 6. The van der Waals surface area contributed by atoms with Crippen LogP contribution in [0.15, 0.2) is 66.7 Å². The second kappa shape index (κ2) is 8.00. The second-order valence-electron chi connectivity index (χ2n) is 8.00. The SMILES string of the molecule is COc1ccccc1C(=O)C[C@]1(O)C(=O)N(Cc2ccc(C)cc2C)c2ccccc21. The van der Waals surface area contributed by atoms with Crippen LogP contribution in [0.3, 0.4) is 0 Å². The lowest BCUT2D eigenvalue weighted by atomic mass is 9.88. The highest BCUT2D eigenvalue weighted by atomic mass is 16.5. The highest BCUT2D eigenvalue weighted by Gasteiger charge is 2.51. The topological polar surface area (TPSA) is 66.8 Å². The van der Waals surface area contributed by atoms with Gasteiger partial charge in [-0.15, -0.1) is 0 Å². The van der Waals surface area contributed by atoms with Crippen molar-refractivity contribution in [3.63, 3.8) is 0 Å². The average Bonchev–Trinajstić information content (AvgIpc) is 2.97. The normalized spacial score (nSPS) is 17.5. The zero-order chi connectivity index (χ0) is 22.2. The van der Waals surface area contributed by atoms with Crippen LogP contribution in [0.2, 0.25) is 0 Å². The Morgan fingerprint density at radius 2 is 1.74 bits per heavy atom. The molecule has 1 heterocycles. The Morgan fingerprint density at radius 1 is 1.03 bits per heavy atom. The molecule has 3 aromatic carbocycles. The van der Waals surface area contributed by atoms with Crippen molar-refractivity contribution in [1.82, 2.24) is 0 Å². The van der Waals surface area contributed by atoms with Crippen molar-refractivity contribution >= 4 is 17.4 Å². The molecule has 0 radical (unpaired) electrons. The number of methoxy groups -OCH3 is 1. The molecule has 1 amide bonds. The van der Waals surface area contributed by atoms with Crippen LogP contribution in [-0.4, -0.2) is 23.9 Å². The van der Waals surface area contributed by atoms with E-state index in [1.165, 1.54) is 7.11 Å². The third kappa shape index (κ3) is 3.62. The molecule has 0 unspecified atom stereocenters. The Hall–Kier alpha value is -3.44. The summed E-state index contributed by atoms with van der Waals surface area (Å²) < 4.78 is 5.29. The molecule has 0 saturated carbocycles. The smallest absolute Gasteiger partial charge is 0.264 e. The van der Waals surface area contributed by atoms with E-state index >= 15 is 0 Å². The Balaban J connectivity index is 1.70. The Labute approximate surface area is 181 Å². The van der Waals surface area contributed by atoms with Crippen LogP contribution in [0, 0.1) is 13.8 Å². The number of hydrogen-bond donors (Lipinski definition) is 1. The van der Waals surface area contributed by atoms with Gasteiger partial charge in [0.15, 0.2) is 11.4 Å². The fourth-order valence-electron chi connectivity index (χ4n) is 4.23. The molecule has 5 nitrogen and oxygen atoms in total. The van der Waals surface area contributed by atoms with Gasteiger partial charge in [-0.2, -0.15) is 0 Å². The van der Waals surface area contributed by atoms with Crippen LogP contribution in [0.5, 0.6) is 5.75 Å². The monoisotopic (exact) mass is 415 g/mol. The van der Waals surface area contributed by atoms with Crippen molar-refractivity contribution in [2.24, 2.45) is 0 Å². The number of amides is 1. The number of ketones is 1. The summed E-state index contributed by atoms with van der Waals surface area (Å²) in [6.45, 7) is 4.36. The summed E-state index contributed by atoms with van der Waals surface area (Å²) in [4.78, 5) is 28.1. The quantitative estimate of drug-likeness (QED) is 0.609. The van der Waals surface area contributed by atoms with Crippen LogP contribution in [-0.2, 0) is 16.9 Å². The molecule has 0 bridgehead atoms. The van der Waals surface area contributed by atoms with Gasteiger partial charge < -0.3 is 14.7 Å². The molecule has 5 heteroatoms. The van der Waals surface area contributed by atoms with E-state index in [0.717, 1.165) is 16.7 Å². The molecule has 0 aliphatic carbocycles. The Bertz CT molecular complexity index is 1170. The number of Topliss-reactive ketones (excluding diaryl/α,β-unsaturated/α-hetero) is 1. The predicted octanol–water partition coefficient (Wildman–Crippen LogP) is 4.32. The zero-order valence-corrected chi connectivity index (χ0v) is 17.9. The predicted molar refractivity (Wildman–Crippen MR) is 119 cm³/mol. The summed E-state index contributed by atoms with van der Waals surface area (Å²) >= 11 is 0. The van der Waals surface area contributed by atoms with Gasteiger partial charge in [-0.25, -0.2) is 0 Å². The maximum atomic E-state index is 13.5. The second-order valence-corrected chi connectivity index (χ2v) is 8.00. The van der Waals surface area contributed by atoms with E-state index in [2.05, 4.69) is 6.07 Å². The van der Waals surface area contributed by atoms with Crippen LogP contribution < -0.4 is 9.64 Å². The van der Waals surface area contributed by atoms with E-state index < -0.39 is 11.5 Å². The van der Waals surface area contributed by atoms with E-state index in [-0.39, 0.29) is 12.2 Å². The maximum Gasteiger partial charge on any atom is 0.264 e. The number of ether oxygens (including phenoxy) is 1. The first-order valence-corrected chi connectivity index (χ1v) is 10.2. The number of hydrogen-bond acceptors (Lipinski definition) is 4. The molecule has 0 spiro atoms. The summed E-state index contributed by atoms with van der Waals surface area (Å²) in [6, 6.07) is 20.0. The lowest BCUT2D eigenvalue weighted by Gasteiger charge is -2.23. The molecular formula is C26H25NO4. The van der Waals surface area contributed by atoms with E-state index in [0.29, 0.717) is 29.1 Å². The molecule has 0 saturated heterocycles. The van der Waals surface area contributed by atoms with Crippen molar-refractivity contribution in [1.29, 1.82) is 0 Å². The fraction of sp³-hybridized carbons (Fsp3) is 0.231. The molecule has 1 atom stereocenters. The Kier molecular flexibility index (Phi) is 5.38. The first-order chi connectivity index (χ1) is 14.8. The lowest BCUT2D eigenvalue weighted by molar-refractivity contribution is -0.136. The van der Waals surface area contributed by atoms with Crippen molar-refractivity contribution < 1.29 is 19.4 Å². The number of fused-ring (bicyclic) bond motifs is 1. The van der Waals surface area contributed by atoms with E-state index in [1.54, 1.807) is 41.3 Å². The van der Waals surface area contributed by atoms with Gasteiger partial charge in [-0.3, -0.25) is 9.59 Å². The fourth-order valence-corrected chi connectivity index (χ4v) is 4.23. The van der Waals surface area contributed by atoms with E-state index in [9.17, 15) is 14.7 Å². The molecule has 1 N–H and O–H groups in total. The van der Waals surface area contributed by atoms with Gasteiger partial charge in [0.05, 0.1) is 31.3 Å². The minimum Gasteiger partial charge on any atom is -0.496 e. The molecule has 31 heavy (non-hydrogen) atoms. The summed E-state index contributed by atoms with van der Waals surface area (Å²) in [5.74, 6) is -0.421. The first-order valence-electron chi connectivity index (χ1n) is 10.2. The number of para-hydroxylation sites is 2. The number of benzene rings is 3. The van der Waals surface area contributed by atoms with Gasteiger partial charge in [0.2, 0.25) is 0 Å². The minimum absolute atomic E-state index is 0.327. The Morgan fingerprint density at radius 3 is 2.48 bits per heavy atom. The number of carbonyl (C=O) groups is 2.